The maximum atomic E-state index is 13.3. The zero-order valence-electron chi connectivity index (χ0n) is 20.0. The molecule has 0 aliphatic heterocycles. The SMILES string of the molecule is CCN(CC)CCN(C(=O)CCCSc1ccc(C)cc1)c1nc2cc(C)cc(C)c2s1. The number of amides is 1. The molecule has 0 saturated heterocycles. The summed E-state index contributed by atoms with van der Waals surface area (Å²) in [5, 5.41) is 0.831. The van der Waals surface area contributed by atoms with Crippen molar-refractivity contribution in [1.82, 2.24) is 9.88 Å². The van der Waals surface area contributed by atoms with Gasteiger partial charge in [-0.25, -0.2) is 4.98 Å². The van der Waals surface area contributed by atoms with Gasteiger partial charge in [-0.3, -0.25) is 9.69 Å². The van der Waals surface area contributed by atoms with Crippen LogP contribution in [0.15, 0.2) is 41.3 Å². The second-order valence-electron chi connectivity index (χ2n) is 8.26. The molecule has 3 aromatic rings. The number of hydrogen-bond donors (Lipinski definition) is 0. The van der Waals surface area contributed by atoms with E-state index in [1.54, 1.807) is 11.3 Å². The average molecular weight is 470 g/mol. The Morgan fingerprint density at radius 3 is 2.41 bits per heavy atom. The molecule has 1 amide bonds. The maximum Gasteiger partial charge on any atom is 0.228 e. The van der Waals surface area contributed by atoms with Gasteiger partial charge in [0.25, 0.3) is 0 Å². The molecule has 0 atom stereocenters. The number of carbonyl (C=O) groups excluding carboxylic acids is 1. The summed E-state index contributed by atoms with van der Waals surface area (Å²) in [6.45, 7) is 14.2. The van der Waals surface area contributed by atoms with Crippen molar-refractivity contribution in [3.63, 3.8) is 0 Å². The molecule has 32 heavy (non-hydrogen) atoms. The Morgan fingerprint density at radius 2 is 1.72 bits per heavy atom. The first-order valence-corrected chi connectivity index (χ1v) is 13.3. The fraction of sp³-hybridized carbons (Fsp3) is 0.462. The summed E-state index contributed by atoms with van der Waals surface area (Å²) < 4.78 is 1.18. The van der Waals surface area contributed by atoms with E-state index in [1.807, 2.05) is 16.7 Å². The molecular weight excluding hydrogens is 434 g/mol. The lowest BCUT2D eigenvalue weighted by Crippen LogP contribution is -2.38. The van der Waals surface area contributed by atoms with Crippen molar-refractivity contribution in [3.8, 4) is 0 Å². The van der Waals surface area contributed by atoms with Crippen molar-refractivity contribution in [2.24, 2.45) is 0 Å². The molecule has 3 rings (SSSR count). The molecule has 1 aromatic heterocycles. The molecule has 6 heteroatoms. The molecule has 0 aliphatic carbocycles. The molecule has 0 spiro atoms. The van der Waals surface area contributed by atoms with Crippen molar-refractivity contribution in [2.75, 3.05) is 36.8 Å². The molecule has 0 saturated carbocycles. The summed E-state index contributed by atoms with van der Waals surface area (Å²) >= 11 is 3.46. The Morgan fingerprint density at radius 1 is 1.00 bits per heavy atom. The molecule has 172 valence electrons. The van der Waals surface area contributed by atoms with Gasteiger partial charge in [-0.2, -0.15) is 0 Å². The van der Waals surface area contributed by atoms with Gasteiger partial charge in [-0.15, -0.1) is 11.8 Å². The number of hydrogen-bond acceptors (Lipinski definition) is 5. The van der Waals surface area contributed by atoms with Crippen molar-refractivity contribution in [1.29, 1.82) is 0 Å². The minimum absolute atomic E-state index is 0.176. The predicted molar refractivity (Wildman–Crippen MR) is 140 cm³/mol. The van der Waals surface area contributed by atoms with Gasteiger partial charge in [0.15, 0.2) is 5.13 Å². The number of likely N-dealkylation sites (N-methyl/N-ethyl adjacent to an activating group) is 1. The van der Waals surface area contributed by atoms with Crippen LogP contribution in [0.1, 0.15) is 43.4 Å². The predicted octanol–water partition coefficient (Wildman–Crippen LogP) is 6.47. The molecule has 1 heterocycles. The number of anilines is 1. The summed E-state index contributed by atoms with van der Waals surface area (Å²) in [7, 11) is 0. The average Bonchev–Trinajstić information content (AvgIpc) is 3.19. The van der Waals surface area contributed by atoms with Gasteiger partial charge in [0.05, 0.1) is 10.2 Å². The van der Waals surface area contributed by atoms with Crippen molar-refractivity contribution >= 4 is 44.4 Å². The minimum atomic E-state index is 0.176. The molecule has 0 aliphatic rings. The molecule has 0 bridgehead atoms. The Kier molecular flexibility index (Phi) is 9.14. The van der Waals surface area contributed by atoms with Crippen molar-refractivity contribution in [3.05, 3.63) is 53.1 Å². The largest absolute Gasteiger partial charge is 0.302 e. The van der Waals surface area contributed by atoms with Crippen LogP contribution in [0, 0.1) is 20.8 Å². The Balaban J connectivity index is 1.69. The Labute approximate surface area is 201 Å². The quantitative estimate of drug-likeness (QED) is 0.238. The van der Waals surface area contributed by atoms with E-state index < -0.39 is 0 Å². The molecular formula is C26H35N3OS2. The number of carbonyl (C=O) groups is 1. The third-order valence-corrected chi connectivity index (χ3v) is 8.03. The van der Waals surface area contributed by atoms with Gasteiger partial charge in [0.2, 0.25) is 5.91 Å². The van der Waals surface area contributed by atoms with E-state index in [2.05, 4.69) is 75.9 Å². The zero-order valence-corrected chi connectivity index (χ0v) is 21.6. The topological polar surface area (TPSA) is 36.4 Å². The lowest BCUT2D eigenvalue weighted by atomic mass is 10.1. The van der Waals surface area contributed by atoms with E-state index in [-0.39, 0.29) is 5.91 Å². The second kappa shape index (κ2) is 11.8. The first-order chi connectivity index (χ1) is 15.4. The number of thiazole rings is 1. The van der Waals surface area contributed by atoms with Crippen LogP contribution in [0.25, 0.3) is 10.2 Å². The summed E-state index contributed by atoms with van der Waals surface area (Å²) in [6, 6.07) is 12.9. The van der Waals surface area contributed by atoms with Crippen LogP contribution in [0.4, 0.5) is 5.13 Å². The van der Waals surface area contributed by atoms with Gasteiger partial charge in [0.1, 0.15) is 0 Å². The zero-order chi connectivity index (χ0) is 23.1. The lowest BCUT2D eigenvalue weighted by molar-refractivity contribution is -0.118. The number of aromatic nitrogens is 1. The van der Waals surface area contributed by atoms with E-state index in [9.17, 15) is 4.79 Å². The summed E-state index contributed by atoms with van der Waals surface area (Å²) in [5.74, 6) is 1.12. The lowest BCUT2D eigenvalue weighted by Gasteiger charge is -2.24. The number of nitrogens with zero attached hydrogens (tertiary/aromatic N) is 3. The number of aryl methyl sites for hydroxylation is 3. The van der Waals surface area contributed by atoms with Crippen LogP contribution in [0.2, 0.25) is 0 Å². The van der Waals surface area contributed by atoms with E-state index in [0.29, 0.717) is 13.0 Å². The van der Waals surface area contributed by atoms with Crippen LogP contribution in [0.3, 0.4) is 0 Å². The van der Waals surface area contributed by atoms with Crippen molar-refractivity contribution < 1.29 is 4.79 Å². The van der Waals surface area contributed by atoms with Crippen molar-refractivity contribution in [2.45, 2.75) is 52.4 Å². The van der Waals surface area contributed by atoms with Crippen LogP contribution < -0.4 is 4.90 Å². The number of fused-ring (bicyclic) bond motifs is 1. The highest BCUT2D eigenvalue weighted by Crippen LogP contribution is 2.32. The van der Waals surface area contributed by atoms with Crippen LogP contribution in [-0.2, 0) is 4.79 Å². The number of rotatable bonds is 11. The van der Waals surface area contributed by atoms with Gasteiger partial charge in [0, 0.05) is 24.4 Å². The van der Waals surface area contributed by atoms with Gasteiger partial charge in [-0.05, 0) is 75.4 Å². The highest BCUT2D eigenvalue weighted by molar-refractivity contribution is 7.99. The summed E-state index contributed by atoms with van der Waals surface area (Å²) in [6.07, 6.45) is 1.41. The van der Waals surface area contributed by atoms with E-state index in [4.69, 9.17) is 4.98 Å². The van der Waals surface area contributed by atoms with E-state index in [0.717, 1.165) is 42.5 Å². The van der Waals surface area contributed by atoms with E-state index in [1.165, 1.54) is 26.3 Å². The van der Waals surface area contributed by atoms with Crippen LogP contribution >= 0.6 is 23.1 Å². The molecule has 0 radical (unpaired) electrons. The smallest absolute Gasteiger partial charge is 0.228 e. The third-order valence-electron chi connectivity index (χ3n) is 5.70. The summed E-state index contributed by atoms with van der Waals surface area (Å²) in [5.41, 5.74) is 4.71. The molecule has 4 nitrogen and oxygen atoms in total. The Bertz CT molecular complexity index is 1030. The third kappa shape index (κ3) is 6.56. The summed E-state index contributed by atoms with van der Waals surface area (Å²) in [4.78, 5) is 23.7. The highest BCUT2D eigenvalue weighted by atomic mass is 32.2. The monoisotopic (exact) mass is 469 g/mol. The Hall–Kier alpha value is -1.89. The number of benzene rings is 2. The van der Waals surface area contributed by atoms with Gasteiger partial charge >= 0.3 is 0 Å². The second-order valence-corrected chi connectivity index (χ2v) is 10.4. The van der Waals surface area contributed by atoms with E-state index >= 15 is 0 Å². The van der Waals surface area contributed by atoms with Crippen LogP contribution in [-0.4, -0.2) is 47.7 Å². The molecule has 0 unspecified atom stereocenters. The minimum Gasteiger partial charge on any atom is -0.302 e. The normalized spacial score (nSPS) is 11.4. The van der Waals surface area contributed by atoms with Crippen LogP contribution in [0.5, 0.6) is 0 Å². The van der Waals surface area contributed by atoms with Gasteiger partial charge in [-0.1, -0.05) is 48.9 Å². The standard InChI is InChI=1S/C26H35N3OS2/c1-6-28(7-2)14-15-29(26-27-23-18-20(4)17-21(5)25(23)32-26)24(30)9-8-16-31-22-12-10-19(3)11-13-22/h10-13,17-18H,6-9,14-16H2,1-5H3. The maximum absolute atomic E-state index is 13.3. The first kappa shape index (κ1) is 24.7. The first-order valence-electron chi connectivity index (χ1n) is 11.5. The molecule has 0 fully saturated rings. The highest BCUT2D eigenvalue weighted by Gasteiger charge is 2.21. The fourth-order valence-electron chi connectivity index (χ4n) is 3.77. The molecule has 0 N–H and O–H groups in total. The fourth-order valence-corrected chi connectivity index (χ4v) is 5.68. The number of thioether (sulfide) groups is 1. The van der Waals surface area contributed by atoms with Gasteiger partial charge < -0.3 is 4.90 Å². The molecule has 2 aromatic carbocycles.